The third-order valence-electron chi connectivity index (χ3n) is 4.45. The molecule has 114 valence electrons. The van der Waals surface area contributed by atoms with Gasteiger partial charge in [-0.25, -0.2) is 4.79 Å². The van der Waals surface area contributed by atoms with Crippen LogP contribution in [-0.2, 0) is 15.0 Å². The number of hydrogen-bond acceptors (Lipinski definition) is 2. The van der Waals surface area contributed by atoms with Gasteiger partial charge >= 0.3 is 5.97 Å². The number of carbonyl (C=O) groups excluding carboxylic acids is 1. The van der Waals surface area contributed by atoms with Gasteiger partial charge in [0.1, 0.15) is 6.04 Å². The predicted octanol–water partition coefficient (Wildman–Crippen LogP) is 3.08. The zero-order valence-corrected chi connectivity index (χ0v) is 13.1. The topological polar surface area (TPSA) is 57.6 Å². The first kappa shape index (κ1) is 15.8. The second kappa shape index (κ2) is 6.06. The van der Waals surface area contributed by atoms with Gasteiger partial charge in [-0.05, 0) is 37.0 Å². The summed E-state index contributed by atoms with van der Waals surface area (Å²) in [5, 5.41) is 9.85. The van der Waals surface area contributed by atoms with E-state index in [0.717, 1.165) is 24.8 Å². The molecule has 1 saturated carbocycles. The number of carboxylic acids is 1. The standard InChI is InChI=1S/C16H20ClNO3/c1-3-13(14(19)20)18(2)15(21)16(8-5-9-16)11-6-4-7-12(17)10-11/h4,6-7,10,13H,3,5,8-9H2,1-2H3,(H,19,20). The van der Waals surface area contributed by atoms with Gasteiger partial charge in [-0.15, -0.1) is 0 Å². The maximum absolute atomic E-state index is 12.9. The Balaban J connectivity index is 2.32. The fourth-order valence-corrected chi connectivity index (χ4v) is 3.23. The quantitative estimate of drug-likeness (QED) is 0.909. The Morgan fingerprint density at radius 3 is 2.52 bits per heavy atom. The van der Waals surface area contributed by atoms with Gasteiger partial charge in [0.2, 0.25) is 5.91 Å². The Morgan fingerprint density at radius 1 is 1.43 bits per heavy atom. The van der Waals surface area contributed by atoms with Gasteiger partial charge in [0, 0.05) is 12.1 Å². The van der Waals surface area contributed by atoms with Gasteiger partial charge in [-0.2, -0.15) is 0 Å². The summed E-state index contributed by atoms with van der Waals surface area (Å²) < 4.78 is 0. The first-order chi connectivity index (χ1) is 9.92. The SMILES string of the molecule is CCC(C(=O)O)N(C)C(=O)C1(c2cccc(Cl)c2)CCC1. The van der Waals surface area contributed by atoms with Crippen LogP contribution in [0.3, 0.4) is 0 Å². The van der Waals surface area contributed by atoms with E-state index in [1.807, 2.05) is 18.2 Å². The highest BCUT2D eigenvalue weighted by molar-refractivity contribution is 6.30. The molecule has 1 aliphatic carbocycles. The highest BCUT2D eigenvalue weighted by Crippen LogP contribution is 2.45. The monoisotopic (exact) mass is 309 g/mol. The summed E-state index contributed by atoms with van der Waals surface area (Å²) in [4.78, 5) is 25.5. The predicted molar refractivity (Wildman–Crippen MR) is 81.5 cm³/mol. The number of hydrogen-bond donors (Lipinski definition) is 1. The van der Waals surface area contributed by atoms with E-state index < -0.39 is 17.4 Å². The van der Waals surface area contributed by atoms with E-state index in [1.54, 1.807) is 20.0 Å². The zero-order chi connectivity index (χ0) is 15.6. The van der Waals surface area contributed by atoms with Crippen LogP contribution in [0.15, 0.2) is 24.3 Å². The van der Waals surface area contributed by atoms with Crippen molar-refractivity contribution in [3.8, 4) is 0 Å². The summed E-state index contributed by atoms with van der Waals surface area (Å²) in [5.41, 5.74) is 0.279. The highest BCUT2D eigenvalue weighted by atomic mass is 35.5. The maximum Gasteiger partial charge on any atom is 0.326 e. The minimum Gasteiger partial charge on any atom is -0.480 e. The zero-order valence-electron chi connectivity index (χ0n) is 12.3. The molecule has 0 radical (unpaired) electrons. The lowest BCUT2D eigenvalue weighted by Gasteiger charge is -2.44. The maximum atomic E-state index is 12.9. The van der Waals surface area contributed by atoms with Crippen molar-refractivity contribution in [3.05, 3.63) is 34.9 Å². The van der Waals surface area contributed by atoms with Crippen molar-refractivity contribution >= 4 is 23.5 Å². The summed E-state index contributed by atoms with van der Waals surface area (Å²) in [7, 11) is 1.58. The Morgan fingerprint density at radius 2 is 2.10 bits per heavy atom. The van der Waals surface area contributed by atoms with Crippen molar-refractivity contribution in [2.24, 2.45) is 0 Å². The Kier molecular flexibility index (Phi) is 4.57. The molecule has 1 amide bonds. The van der Waals surface area contributed by atoms with Gasteiger partial charge < -0.3 is 10.0 Å². The van der Waals surface area contributed by atoms with Crippen molar-refractivity contribution in [2.75, 3.05) is 7.05 Å². The van der Waals surface area contributed by atoms with Crippen molar-refractivity contribution in [1.82, 2.24) is 4.90 Å². The van der Waals surface area contributed by atoms with E-state index in [0.29, 0.717) is 11.4 Å². The number of benzene rings is 1. The molecule has 1 atom stereocenters. The highest BCUT2D eigenvalue weighted by Gasteiger charge is 2.48. The fourth-order valence-electron chi connectivity index (χ4n) is 3.04. The third kappa shape index (κ3) is 2.77. The van der Waals surface area contributed by atoms with Crippen molar-refractivity contribution < 1.29 is 14.7 Å². The van der Waals surface area contributed by atoms with Crippen LogP contribution in [0.1, 0.15) is 38.2 Å². The van der Waals surface area contributed by atoms with Crippen LogP contribution in [0.5, 0.6) is 0 Å². The molecule has 1 N–H and O–H groups in total. The van der Waals surface area contributed by atoms with E-state index in [-0.39, 0.29) is 5.91 Å². The van der Waals surface area contributed by atoms with E-state index in [1.165, 1.54) is 4.90 Å². The molecule has 0 aliphatic heterocycles. The Hall–Kier alpha value is -1.55. The average Bonchev–Trinajstić information content (AvgIpc) is 2.37. The summed E-state index contributed by atoms with van der Waals surface area (Å²) in [6.07, 6.45) is 2.85. The summed E-state index contributed by atoms with van der Waals surface area (Å²) in [6, 6.07) is 6.54. The van der Waals surface area contributed by atoms with Crippen LogP contribution in [0, 0.1) is 0 Å². The molecule has 4 nitrogen and oxygen atoms in total. The Bertz CT molecular complexity index is 554. The molecule has 0 bridgehead atoms. The van der Waals surface area contributed by atoms with Crippen molar-refractivity contribution in [3.63, 3.8) is 0 Å². The van der Waals surface area contributed by atoms with Crippen LogP contribution < -0.4 is 0 Å². The lowest BCUT2D eigenvalue weighted by Crippen LogP contribution is -2.54. The lowest BCUT2D eigenvalue weighted by molar-refractivity contribution is -0.153. The molecule has 1 unspecified atom stereocenters. The lowest BCUT2D eigenvalue weighted by atomic mass is 9.63. The number of likely N-dealkylation sites (N-methyl/N-ethyl adjacent to an activating group) is 1. The fraction of sp³-hybridized carbons (Fsp3) is 0.500. The molecule has 0 aromatic heterocycles. The molecule has 0 spiro atoms. The van der Waals surface area contributed by atoms with Crippen LogP contribution in [-0.4, -0.2) is 35.0 Å². The van der Waals surface area contributed by atoms with Gasteiger partial charge in [-0.3, -0.25) is 4.79 Å². The van der Waals surface area contributed by atoms with Gasteiger partial charge in [-0.1, -0.05) is 37.1 Å². The van der Waals surface area contributed by atoms with Crippen LogP contribution >= 0.6 is 11.6 Å². The second-order valence-electron chi connectivity index (χ2n) is 5.62. The first-order valence-corrected chi connectivity index (χ1v) is 7.56. The van der Waals surface area contributed by atoms with Crippen LogP contribution in [0.4, 0.5) is 0 Å². The van der Waals surface area contributed by atoms with Crippen LogP contribution in [0.2, 0.25) is 5.02 Å². The minimum absolute atomic E-state index is 0.120. The molecule has 1 aliphatic rings. The van der Waals surface area contributed by atoms with Gasteiger partial charge in [0.05, 0.1) is 5.41 Å². The molecule has 0 heterocycles. The molecule has 5 heteroatoms. The van der Waals surface area contributed by atoms with E-state index >= 15 is 0 Å². The number of halogens is 1. The molecule has 1 fully saturated rings. The van der Waals surface area contributed by atoms with Crippen molar-refractivity contribution in [1.29, 1.82) is 0 Å². The van der Waals surface area contributed by atoms with E-state index in [2.05, 4.69) is 0 Å². The van der Waals surface area contributed by atoms with Gasteiger partial charge in [0.25, 0.3) is 0 Å². The number of carboxylic acid groups (broad SMARTS) is 1. The van der Waals surface area contributed by atoms with E-state index in [9.17, 15) is 14.7 Å². The first-order valence-electron chi connectivity index (χ1n) is 7.18. The van der Waals surface area contributed by atoms with Crippen molar-refractivity contribution in [2.45, 2.75) is 44.1 Å². The molecular formula is C16H20ClNO3. The molecule has 21 heavy (non-hydrogen) atoms. The Labute approximate surface area is 129 Å². The van der Waals surface area contributed by atoms with E-state index in [4.69, 9.17) is 11.6 Å². The summed E-state index contributed by atoms with van der Waals surface area (Å²) in [5.74, 6) is -1.08. The summed E-state index contributed by atoms with van der Waals surface area (Å²) in [6.45, 7) is 1.77. The number of amides is 1. The second-order valence-corrected chi connectivity index (χ2v) is 6.06. The minimum atomic E-state index is -0.964. The largest absolute Gasteiger partial charge is 0.480 e. The van der Waals surface area contributed by atoms with Gasteiger partial charge in [0.15, 0.2) is 0 Å². The molecular weight excluding hydrogens is 290 g/mol. The number of carbonyl (C=O) groups is 2. The summed E-state index contributed by atoms with van der Waals surface area (Å²) >= 11 is 6.04. The number of rotatable bonds is 5. The third-order valence-corrected chi connectivity index (χ3v) is 4.69. The van der Waals surface area contributed by atoms with Crippen LogP contribution in [0.25, 0.3) is 0 Å². The molecule has 0 saturated heterocycles. The number of nitrogens with zero attached hydrogens (tertiary/aromatic N) is 1. The average molecular weight is 310 g/mol. The molecule has 1 aromatic carbocycles. The number of aliphatic carboxylic acids is 1. The molecule has 2 rings (SSSR count). The smallest absolute Gasteiger partial charge is 0.326 e. The normalized spacial score (nSPS) is 17.7. The molecule has 1 aromatic rings.